The van der Waals surface area contributed by atoms with E-state index in [1.807, 2.05) is 30.3 Å². The van der Waals surface area contributed by atoms with Crippen molar-refractivity contribution in [3.63, 3.8) is 0 Å². The molecule has 0 atom stereocenters. The highest BCUT2D eigenvalue weighted by Crippen LogP contribution is 2.23. The summed E-state index contributed by atoms with van der Waals surface area (Å²) in [6.45, 7) is 0.747. The molecule has 0 fully saturated rings. The summed E-state index contributed by atoms with van der Waals surface area (Å²) in [5.74, 6) is 0. The van der Waals surface area contributed by atoms with Gasteiger partial charge in [-0.05, 0) is 36.2 Å². The number of para-hydroxylation sites is 1. The van der Waals surface area contributed by atoms with E-state index in [-0.39, 0.29) is 0 Å². The number of benzene rings is 1. The average Bonchev–Trinajstić information content (AvgIpc) is 2.84. The molecule has 0 bridgehead atoms. The third kappa shape index (κ3) is 2.49. The van der Waals surface area contributed by atoms with Crippen LogP contribution in [0.5, 0.6) is 0 Å². The van der Waals surface area contributed by atoms with Crippen molar-refractivity contribution in [2.45, 2.75) is 6.42 Å². The van der Waals surface area contributed by atoms with Crippen LogP contribution in [-0.2, 0) is 6.42 Å². The van der Waals surface area contributed by atoms with E-state index in [0.717, 1.165) is 13.0 Å². The first-order valence-electron chi connectivity index (χ1n) is 6.11. The predicted molar refractivity (Wildman–Crippen MR) is 74.9 cm³/mol. The van der Waals surface area contributed by atoms with Crippen molar-refractivity contribution in [2.75, 3.05) is 17.6 Å². The molecule has 0 aliphatic rings. The van der Waals surface area contributed by atoms with E-state index >= 15 is 0 Å². The number of pyridine rings is 1. The molecule has 2 heterocycles. The van der Waals surface area contributed by atoms with Gasteiger partial charge in [0.15, 0.2) is 5.58 Å². The highest BCUT2D eigenvalue weighted by atomic mass is 16.4. The minimum atomic E-state index is 0.502. The summed E-state index contributed by atoms with van der Waals surface area (Å²) in [5, 5.41) is 3.16. The zero-order chi connectivity index (χ0) is 13.1. The highest BCUT2D eigenvalue weighted by molar-refractivity contribution is 5.86. The van der Waals surface area contributed by atoms with Crippen molar-refractivity contribution >= 4 is 22.8 Å². The first-order valence-corrected chi connectivity index (χ1v) is 6.11. The fraction of sp³-hybridized carbons (Fsp3) is 0.143. The lowest BCUT2D eigenvalue weighted by Gasteiger charge is -2.01. The average molecular weight is 254 g/mol. The molecule has 1 aromatic carbocycles. The molecular formula is C14H14N4O. The van der Waals surface area contributed by atoms with Crippen molar-refractivity contribution in [1.29, 1.82) is 0 Å². The van der Waals surface area contributed by atoms with Crippen molar-refractivity contribution in [2.24, 2.45) is 0 Å². The molecule has 0 saturated heterocycles. The van der Waals surface area contributed by atoms with Crippen LogP contribution in [-0.4, -0.2) is 16.5 Å². The second-order valence-corrected chi connectivity index (χ2v) is 4.25. The van der Waals surface area contributed by atoms with Crippen LogP contribution >= 0.6 is 0 Å². The summed E-state index contributed by atoms with van der Waals surface area (Å²) in [6.07, 6.45) is 4.46. The van der Waals surface area contributed by atoms with Crippen LogP contribution in [0.2, 0.25) is 0 Å². The number of aromatic nitrogens is 2. The third-order valence-electron chi connectivity index (χ3n) is 2.89. The van der Waals surface area contributed by atoms with Gasteiger partial charge in [-0.15, -0.1) is 0 Å². The number of oxazole rings is 1. The number of anilines is 2. The number of nitrogens with zero attached hydrogens (tertiary/aromatic N) is 2. The first kappa shape index (κ1) is 11.5. The van der Waals surface area contributed by atoms with Crippen LogP contribution in [0.15, 0.2) is 47.1 Å². The summed E-state index contributed by atoms with van der Waals surface area (Å²) < 4.78 is 5.57. The SMILES string of the molecule is Nc1cccc2oc(NCCc3ccncc3)nc12. The van der Waals surface area contributed by atoms with E-state index < -0.39 is 0 Å². The molecule has 0 spiro atoms. The Kier molecular flexibility index (Phi) is 3.02. The zero-order valence-electron chi connectivity index (χ0n) is 10.3. The van der Waals surface area contributed by atoms with Crippen LogP contribution in [0.25, 0.3) is 11.1 Å². The number of nitrogens with two attached hydrogens (primary N) is 1. The Bertz CT molecular complexity index is 678. The molecule has 0 radical (unpaired) electrons. The second kappa shape index (κ2) is 4.97. The number of nitrogen functional groups attached to an aromatic ring is 1. The molecule has 5 nitrogen and oxygen atoms in total. The topological polar surface area (TPSA) is 77.0 Å². The van der Waals surface area contributed by atoms with E-state index in [0.29, 0.717) is 22.8 Å². The lowest BCUT2D eigenvalue weighted by Crippen LogP contribution is -2.04. The molecule has 0 aliphatic heterocycles. The van der Waals surface area contributed by atoms with E-state index in [1.165, 1.54) is 5.56 Å². The Morgan fingerprint density at radius 2 is 2.00 bits per heavy atom. The molecule has 0 saturated carbocycles. The fourth-order valence-electron chi connectivity index (χ4n) is 1.91. The summed E-state index contributed by atoms with van der Waals surface area (Å²) in [6, 6.07) is 10.0. The molecule has 19 heavy (non-hydrogen) atoms. The van der Waals surface area contributed by atoms with Gasteiger partial charge in [-0.1, -0.05) is 6.07 Å². The maximum atomic E-state index is 5.83. The largest absolute Gasteiger partial charge is 0.423 e. The molecule has 5 heteroatoms. The summed E-state index contributed by atoms with van der Waals surface area (Å²) in [4.78, 5) is 8.31. The monoisotopic (exact) mass is 254 g/mol. The minimum Gasteiger partial charge on any atom is -0.423 e. The smallest absolute Gasteiger partial charge is 0.295 e. The molecule has 96 valence electrons. The van der Waals surface area contributed by atoms with Crippen LogP contribution < -0.4 is 11.1 Å². The molecule has 0 unspecified atom stereocenters. The third-order valence-corrected chi connectivity index (χ3v) is 2.89. The van der Waals surface area contributed by atoms with Crippen LogP contribution in [0.1, 0.15) is 5.56 Å². The number of hydrogen-bond acceptors (Lipinski definition) is 5. The number of rotatable bonds is 4. The Morgan fingerprint density at radius 3 is 2.79 bits per heavy atom. The predicted octanol–water partition coefficient (Wildman–Crippen LogP) is 2.46. The van der Waals surface area contributed by atoms with Gasteiger partial charge in [0.1, 0.15) is 5.52 Å². The van der Waals surface area contributed by atoms with E-state index in [4.69, 9.17) is 10.2 Å². The molecule has 0 aliphatic carbocycles. The Labute approximate surface area is 110 Å². The summed E-state index contributed by atoms with van der Waals surface area (Å²) >= 11 is 0. The van der Waals surface area contributed by atoms with Gasteiger partial charge in [0, 0.05) is 18.9 Å². The summed E-state index contributed by atoms with van der Waals surface area (Å²) in [7, 11) is 0. The Hall–Kier alpha value is -2.56. The van der Waals surface area contributed by atoms with Crippen LogP contribution in [0, 0.1) is 0 Å². The maximum Gasteiger partial charge on any atom is 0.295 e. The van der Waals surface area contributed by atoms with Crippen molar-refractivity contribution in [1.82, 2.24) is 9.97 Å². The first-order chi connectivity index (χ1) is 9.33. The van der Waals surface area contributed by atoms with Crippen molar-refractivity contribution in [3.05, 3.63) is 48.3 Å². The van der Waals surface area contributed by atoms with Crippen LogP contribution in [0.4, 0.5) is 11.7 Å². The van der Waals surface area contributed by atoms with Gasteiger partial charge in [-0.2, -0.15) is 4.98 Å². The number of nitrogens with one attached hydrogen (secondary N) is 1. The normalized spacial score (nSPS) is 10.7. The number of hydrogen-bond donors (Lipinski definition) is 2. The summed E-state index contributed by atoms with van der Waals surface area (Å²) in [5.41, 5.74) is 9.08. The van der Waals surface area contributed by atoms with E-state index in [1.54, 1.807) is 12.4 Å². The Balaban J connectivity index is 1.67. The van der Waals surface area contributed by atoms with E-state index in [2.05, 4.69) is 15.3 Å². The van der Waals surface area contributed by atoms with Crippen molar-refractivity contribution in [3.8, 4) is 0 Å². The zero-order valence-corrected chi connectivity index (χ0v) is 10.3. The van der Waals surface area contributed by atoms with Gasteiger partial charge in [0.2, 0.25) is 0 Å². The van der Waals surface area contributed by atoms with E-state index in [9.17, 15) is 0 Å². The lowest BCUT2D eigenvalue weighted by molar-refractivity contribution is 0.614. The second-order valence-electron chi connectivity index (χ2n) is 4.25. The number of fused-ring (bicyclic) bond motifs is 1. The van der Waals surface area contributed by atoms with Gasteiger partial charge in [-0.3, -0.25) is 4.98 Å². The molecule has 2 aromatic heterocycles. The minimum absolute atomic E-state index is 0.502. The quantitative estimate of drug-likeness (QED) is 0.699. The van der Waals surface area contributed by atoms with Gasteiger partial charge in [0.05, 0.1) is 5.69 Å². The van der Waals surface area contributed by atoms with Gasteiger partial charge in [0.25, 0.3) is 6.01 Å². The maximum absolute atomic E-state index is 5.83. The molecule has 3 rings (SSSR count). The van der Waals surface area contributed by atoms with Gasteiger partial charge < -0.3 is 15.5 Å². The lowest BCUT2D eigenvalue weighted by atomic mass is 10.2. The standard InChI is InChI=1S/C14H14N4O/c15-11-2-1-3-12-13(11)18-14(19-12)17-9-6-10-4-7-16-8-5-10/h1-5,7-8H,6,9,15H2,(H,17,18). The highest BCUT2D eigenvalue weighted by Gasteiger charge is 2.07. The molecule has 3 aromatic rings. The molecular weight excluding hydrogens is 240 g/mol. The van der Waals surface area contributed by atoms with Gasteiger partial charge in [-0.25, -0.2) is 0 Å². The fourth-order valence-corrected chi connectivity index (χ4v) is 1.91. The Morgan fingerprint density at radius 1 is 1.16 bits per heavy atom. The molecule has 3 N–H and O–H groups in total. The van der Waals surface area contributed by atoms with Crippen molar-refractivity contribution < 1.29 is 4.42 Å². The van der Waals surface area contributed by atoms with Crippen LogP contribution in [0.3, 0.4) is 0 Å². The molecule has 0 amide bonds. The van der Waals surface area contributed by atoms with Gasteiger partial charge >= 0.3 is 0 Å².